The number of imidazole rings is 1. The SMILES string of the molecule is COc1nc(Nc2ccccc2)nc2c1ncn2[C@H]1C[C@H](O[Si](C)(C)C(C)(C)C)[C@@H](CO[Si](C)(C)C(C)(C)C)O1. The van der Waals surface area contributed by atoms with Gasteiger partial charge in [-0.05, 0) is 48.4 Å². The number of fused-ring (bicyclic) bond motifs is 1. The van der Waals surface area contributed by atoms with Gasteiger partial charge in [-0.2, -0.15) is 9.97 Å². The van der Waals surface area contributed by atoms with E-state index in [0.29, 0.717) is 36.0 Å². The number of anilines is 2. The second-order valence-electron chi connectivity index (χ2n) is 13.7. The van der Waals surface area contributed by atoms with E-state index in [1.54, 1.807) is 13.4 Å². The number of nitrogens with one attached hydrogen (secondary N) is 1. The van der Waals surface area contributed by atoms with Crippen LogP contribution in [0.1, 0.15) is 54.2 Å². The van der Waals surface area contributed by atoms with Crippen LogP contribution in [0.4, 0.5) is 11.6 Å². The summed E-state index contributed by atoms with van der Waals surface area (Å²) in [5.74, 6) is 0.842. The molecule has 1 N–H and O–H groups in total. The molecule has 0 saturated carbocycles. The molecule has 1 aromatic carbocycles. The van der Waals surface area contributed by atoms with E-state index in [2.05, 4.69) is 83.0 Å². The zero-order valence-corrected chi connectivity index (χ0v) is 28.0. The Bertz CT molecular complexity index is 1300. The van der Waals surface area contributed by atoms with Gasteiger partial charge in [0.1, 0.15) is 12.3 Å². The van der Waals surface area contributed by atoms with Crippen LogP contribution in [0.25, 0.3) is 11.2 Å². The smallest absolute Gasteiger partial charge is 0.246 e. The summed E-state index contributed by atoms with van der Waals surface area (Å²) < 4.78 is 27.9. The lowest BCUT2D eigenvalue weighted by Crippen LogP contribution is -2.48. The minimum absolute atomic E-state index is 0.0796. The molecule has 0 bridgehead atoms. The molecule has 220 valence electrons. The molecular weight excluding hydrogens is 539 g/mol. The molecule has 0 unspecified atom stereocenters. The Morgan fingerprint density at radius 2 is 1.62 bits per heavy atom. The van der Waals surface area contributed by atoms with Crippen LogP contribution in [0.15, 0.2) is 36.7 Å². The highest BCUT2D eigenvalue weighted by atomic mass is 28.4. The number of aromatic nitrogens is 4. The number of ether oxygens (including phenoxy) is 2. The standard InChI is InChI=1S/C29H47N5O4Si2/c1-28(2,3)39(8,9)36-18-22-21(38-40(10,11)29(4,5)6)17-23(37-22)34-19-30-24-25(34)32-27(33-26(24)35-7)31-20-15-13-12-14-16-20/h12-16,19,21-23H,17-18H2,1-11H3,(H,31,32,33)/t21-,22+,23+/m0/s1. The highest BCUT2D eigenvalue weighted by Crippen LogP contribution is 2.43. The lowest BCUT2D eigenvalue weighted by Gasteiger charge is -2.40. The first-order valence-corrected chi connectivity index (χ1v) is 19.9. The fraction of sp³-hybridized carbons (Fsp3) is 0.621. The van der Waals surface area contributed by atoms with Crippen molar-refractivity contribution in [3.8, 4) is 5.88 Å². The number of para-hydroxylation sites is 1. The van der Waals surface area contributed by atoms with Crippen LogP contribution in [0.3, 0.4) is 0 Å². The van der Waals surface area contributed by atoms with E-state index in [4.69, 9.17) is 23.3 Å². The first kappa shape index (κ1) is 30.6. The zero-order chi connectivity index (χ0) is 29.5. The first-order chi connectivity index (χ1) is 18.5. The second-order valence-corrected chi connectivity index (χ2v) is 23.3. The van der Waals surface area contributed by atoms with E-state index in [0.717, 1.165) is 5.69 Å². The van der Waals surface area contributed by atoms with E-state index in [1.807, 2.05) is 34.9 Å². The van der Waals surface area contributed by atoms with Crippen molar-refractivity contribution in [1.82, 2.24) is 19.5 Å². The summed E-state index contributed by atoms with van der Waals surface area (Å²) in [5, 5.41) is 3.46. The molecule has 1 fully saturated rings. The number of methoxy groups -OCH3 is 1. The van der Waals surface area contributed by atoms with Gasteiger partial charge >= 0.3 is 0 Å². The van der Waals surface area contributed by atoms with Gasteiger partial charge in [-0.1, -0.05) is 59.7 Å². The van der Waals surface area contributed by atoms with Gasteiger partial charge in [0.25, 0.3) is 0 Å². The van der Waals surface area contributed by atoms with Gasteiger partial charge in [0.05, 0.1) is 26.1 Å². The molecule has 3 atom stereocenters. The summed E-state index contributed by atoms with van der Waals surface area (Å²) in [4.78, 5) is 14.0. The van der Waals surface area contributed by atoms with Crippen molar-refractivity contribution in [3.63, 3.8) is 0 Å². The normalized spacial score (nSPS) is 20.7. The number of rotatable bonds is 9. The molecule has 1 aliphatic rings. The topological polar surface area (TPSA) is 92.6 Å². The molecule has 9 nitrogen and oxygen atoms in total. The molecule has 0 amide bonds. The Kier molecular flexibility index (Phi) is 8.55. The summed E-state index contributed by atoms with van der Waals surface area (Å²) in [7, 11) is -2.44. The predicted octanol–water partition coefficient (Wildman–Crippen LogP) is 7.28. The van der Waals surface area contributed by atoms with E-state index < -0.39 is 16.6 Å². The van der Waals surface area contributed by atoms with Crippen LogP contribution in [0.5, 0.6) is 5.88 Å². The highest BCUT2D eigenvalue weighted by molar-refractivity contribution is 6.74. The Balaban J connectivity index is 1.66. The van der Waals surface area contributed by atoms with Crippen LogP contribution in [0, 0.1) is 0 Å². The van der Waals surface area contributed by atoms with Crippen molar-refractivity contribution in [3.05, 3.63) is 36.7 Å². The van der Waals surface area contributed by atoms with E-state index in [-0.39, 0.29) is 28.5 Å². The molecule has 1 aliphatic heterocycles. The highest BCUT2D eigenvalue weighted by Gasteiger charge is 2.47. The summed E-state index contributed by atoms with van der Waals surface area (Å²) >= 11 is 0. The van der Waals surface area contributed by atoms with Crippen LogP contribution >= 0.6 is 0 Å². The van der Waals surface area contributed by atoms with Gasteiger partial charge in [-0.3, -0.25) is 4.57 Å². The summed E-state index contributed by atoms with van der Waals surface area (Å²) in [6.07, 6.45) is 1.84. The first-order valence-electron chi connectivity index (χ1n) is 14.1. The quantitative estimate of drug-likeness (QED) is 0.262. The molecule has 40 heavy (non-hydrogen) atoms. The summed E-state index contributed by atoms with van der Waals surface area (Å²) in [6, 6.07) is 9.82. The molecule has 0 radical (unpaired) electrons. The van der Waals surface area contributed by atoms with Crippen LogP contribution in [-0.4, -0.2) is 62.1 Å². The minimum atomic E-state index is -2.06. The molecule has 0 spiro atoms. The van der Waals surface area contributed by atoms with E-state index in [9.17, 15) is 0 Å². The monoisotopic (exact) mass is 585 g/mol. The molecular formula is C29H47N5O4Si2. The fourth-order valence-electron chi connectivity index (χ4n) is 4.16. The number of benzene rings is 1. The fourth-order valence-corrected chi connectivity index (χ4v) is 6.53. The predicted molar refractivity (Wildman–Crippen MR) is 165 cm³/mol. The van der Waals surface area contributed by atoms with Gasteiger partial charge in [0, 0.05) is 12.1 Å². The lowest BCUT2D eigenvalue weighted by atomic mass is 10.2. The van der Waals surface area contributed by atoms with Gasteiger partial charge in [0.15, 0.2) is 27.8 Å². The van der Waals surface area contributed by atoms with Gasteiger partial charge < -0.3 is 23.6 Å². The van der Waals surface area contributed by atoms with Crippen LogP contribution in [0.2, 0.25) is 36.3 Å². The summed E-state index contributed by atoms with van der Waals surface area (Å²) in [6.45, 7) is 23.2. The molecule has 4 rings (SSSR count). The van der Waals surface area contributed by atoms with Crippen molar-refractivity contribution >= 4 is 39.4 Å². The van der Waals surface area contributed by atoms with Crippen LogP contribution in [-0.2, 0) is 13.6 Å². The average molecular weight is 586 g/mol. The van der Waals surface area contributed by atoms with Crippen molar-refractivity contribution in [2.45, 2.75) is 103 Å². The number of hydrogen-bond donors (Lipinski definition) is 1. The zero-order valence-electron chi connectivity index (χ0n) is 26.0. The van der Waals surface area contributed by atoms with Crippen LogP contribution < -0.4 is 10.1 Å². The third-order valence-electron chi connectivity index (χ3n) is 8.77. The van der Waals surface area contributed by atoms with Crippen molar-refractivity contribution in [2.75, 3.05) is 19.0 Å². The molecule has 3 heterocycles. The third-order valence-corrected chi connectivity index (χ3v) is 17.8. The Morgan fingerprint density at radius 3 is 2.23 bits per heavy atom. The molecule has 11 heteroatoms. The van der Waals surface area contributed by atoms with Crippen molar-refractivity contribution < 1.29 is 18.3 Å². The Hall–Kier alpha value is -2.32. The second kappa shape index (κ2) is 11.2. The maximum absolute atomic E-state index is 6.96. The Labute approximate surface area is 241 Å². The molecule has 2 aromatic heterocycles. The average Bonchev–Trinajstić information content (AvgIpc) is 3.45. The van der Waals surface area contributed by atoms with Gasteiger partial charge in [-0.25, -0.2) is 4.98 Å². The molecule has 3 aromatic rings. The molecule has 0 aliphatic carbocycles. The Morgan fingerprint density at radius 1 is 0.975 bits per heavy atom. The maximum atomic E-state index is 6.96. The largest absolute Gasteiger partial charge is 0.479 e. The van der Waals surface area contributed by atoms with Crippen molar-refractivity contribution in [1.29, 1.82) is 0 Å². The van der Waals surface area contributed by atoms with Gasteiger partial charge in [-0.15, -0.1) is 0 Å². The number of nitrogens with zero attached hydrogens (tertiary/aromatic N) is 4. The minimum Gasteiger partial charge on any atom is -0.479 e. The lowest BCUT2D eigenvalue weighted by molar-refractivity contribution is -0.0383. The van der Waals surface area contributed by atoms with E-state index in [1.165, 1.54) is 0 Å². The molecule has 1 saturated heterocycles. The van der Waals surface area contributed by atoms with Gasteiger partial charge in [0.2, 0.25) is 11.8 Å². The maximum Gasteiger partial charge on any atom is 0.246 e. The van der Waals surface area contributed by atoms with E-state index >= 15 is 0 Å². The third kappa shape index (κ3) is 6.43. The summed E-state index contributed by atoms with van der Waals surface area (Å²) in [5.41, 5.74) is 2.12. The number of hydrogen-bond acceptors (Lipinski definition) is 8. The van der Waals surface area contributed by atoms with Crippen molar-refractivity contribution in [2.24, 2.45) is 0 Å².